The van der Waals surface area contributed by atoms with E-state index in [-0.39, 0.29) is 5.82 Å². The molecule has 2 aromatic carbocycles. The van der Waals surface area contributed by atoms with Crippen molar-refractivity contribution in [3.63, 3.8) is 0 Å². The number of nitrogens with one attached hydrogen (secondary N) is 2. The van der Waals surface area contributed by atoms with Crippen LogP contribution in [0.5, 0.6) is 5.75 Å². The highest BCUT2D eigenvalue weighted by Gasteiger charge is 2.15. The van der Waals surface area contributed by atoms with Gasteiger partial charge in [0.25, 0.3) is 0 Å². The normalized spacial score (nSPS) is 16.4. The zero-order valence-corrected chi connectivity index (χ0v) is 21.8. The quantitative estimate of drug-likeness (QED) is 0.355. The predicted molar refractivity (Wildman–Crippen MR) is 150 cm³/mol. The number of piperazine rings is 1. The van der Waals surface area contributed by atoms with Crippen LogP contribution < -0.4 is 20.3 Å². The van der Waals surface area contributed by atoms with E-state index in [2.05, 4.69) is 30.4 Å². The second-order valence-electron chi connectivity index (χ2n) is 9.65. The van der Waals surface area contributed by atoms with Gasteiger partial charge in [0.1, 0.15) is 24.0 Å². The molecule has 0 atom stereocenters. The van der Waals surface area contributed by atoms with E-state index in [1.807, 2.05) is 36.4 Å². The molecule has 0 radical (unpaired) electrons. The van der Waals surface area contributed by atoms with Gasteiger partial charge in [-0.15, -0.1) is 0 Å². The molecular formula is C29H32FN7O2. The fraction of sp³-hybridized carbons (Fsp3) is 0.345. The summed E-state index contributed by atoms with van der Waals surface area (Å²) >= 11 is 0. The highest BCUT2D eigenvalue weighted by Crippen LogP contribution is 2.32. The van der Waals surface area contributed by atoms with Gasteiger partial charge in [0.2, 0.25) is 5.95 Å². The third-order valence-electron chi connectivity index (χ3n) is 7.07. The standard InChI is InChI=1S/C29H32FN7O2/c30-26-18-23(39-17-14-36-12-15-38-16-13-36)5-6-24(26)25-3-1-2-21-19-33-29(35-28(21)25)34-22-4-7-27(32-20-22)37-10-8-31-9-11-37/h1-7,18-20,31H,8-17H2,(H,33,34,35). The van der Waals surface area contributed by atoms with Gasteiger partial charge in [0, 0.05) is 74.6 Å². The highest BCUT2D eigenvalue weighted by molar-refractivity contribution is 5.94. The molecule has 2 fully saturated rings. The summed E-state index contributed by atoms with van der Waals surface area (Å²) in [6.45, 7) is 8.37. The average molecular weight is 530 g/mol. The van der Waals surface area contributed by atoms with Crippen LogP contribution in [0.15, 0.2) is 60.9 Å². The summed E-state index contributed by atoms with van der Waals surface area (Å²) in [6.07, 6.45) is 3.53. The lowest BCUT2D eigenvalue weighted by Crippen LogP contribution is -2.43. The van der Waals surface area contributed by atoms with Gasteiger partial charge in [-0.05, 0) is 24.3 Å². The smallest absolute Gasteiger partial charge is 0.227 e. The van der Waals surface area contributed by atoms with Crippen molar-refractivity contribution in [2.24, 2.45) is 0 Å². The molecule has 6 rings (SSSR count). The minimum Gasteiger partial charge on any atom is -0.492 e. The number of aromatic nitrogens is 3. The van der Waals surface area contributed by atoms with Crippen molar-refractivity contribution in [2.75, 3.05) is 75.9 Å². The van der Waals surface area contributed by atoms with E-state index in [0.29, 0.717) is 34.9 Å². The molecule has 0 saturated carbocycles. The lowest BCUT2D eigenvalue weighted by atomic mass is 10.0. The molecule has 202 valence electrons. The fourth-order valence-electron chi connectivity index (χ4n) is 4.92. The van der Waals surface area contributed by atoms with E-state index in [4.69, 9.17) is 14.5 Å². The molecular weight excluding hydrogens is 497 g/mol. The molecule has 0 aliphatic carbocycles. The lowest BCUT2D eigenvalue weighted by Gasteiger charge is -2.28. The number of rotatable bonds is 8. The maximum Gasteiger partial charge on any atom is 0.227 e. The number of morpholine rings is 1. The molecule has 4 aromatic rings. The van der Waals surface area contributed by atoms with Crippen LogP contribution in [0.2, 0.25) is 0 Å². The Morgan fingerprint density at radius 1 is 0.949 bits per heavy atom. The fourth-order valence-corrected chi connectivity index (χ4v) is 4.92. The number of pyridine rings is 1. The van der Waals surface area contributed by atoms with Crippen molar-refractivity contribution >= 4 is 28.4 Å². The summed E-state index contributed by atoms with van der Waals surface area (Å²) in [5.41, 5.74) is 2.62. The Kier molecular flexibility index (Phi) is 7.75. The molecule has 2 N–H and O–H groups in total. The molecule has 39 heavy (non-hydrogen) atoms. The van der Waals surface area contributed by atoms with Crippen molar-refractivity contribution in [1.82, 2.24) is 25.2 Å². The van der Waals surface area contributed by atoms with Crippen molar-refractivity contribution in [2.45, 2.75) is 0 Å². The van der Waals surface area contributed by atoms with Crippen LogP contribution in [-0.2, 0) is 4.74 Å². The van der Waals surface area contributed by atoms with Gasteiger partial charge in [-0.3, -0.25) is 4.90 Å². The van der Waals surface area contributed by atoms with Crippen LogP contribution in [0.3, 0.4) is 0 Å². The van der Waals surface area contributed by atoms with Gasteiger partial charge in [-0.2, -0.15) is 0 Å². The molecule has 2 aliphatic heterocycles. The highest BCUT2D eigenvalue weighted by atomic mass is 19.1. The Labute approximate surface area is 227 Å². The van der Waals surface area contributed by atoms with Gasteiger partial charge in [0.15, 0.2) is 0 Å². The molecule has 2 aromatic heterocycles. The Morgan fingerprint density at radius 3 is 2.62 bits per heavy atom. The lowest BCUT2D eigenvalue weighted by molar-refractivity contribution is 0.0322. The zero-order chi connectivity index (χ0) is 26.4. The first-order valence-corrected chi connectivity index (χ1v) is 13.4. The number of fused-ring (bicyclic) bond motifs is 1. The first-order valence-electron chi connectivity index (χ1n) is 13.4. The van der Waals surface area contributed by atoms with Crippen LogP contribution in [0.1, 0.15) is 0 Å². The Morgan fingerprint density at radius 2 is 1.82 bits per heavy atom. The molecule has 10 heteroatoms. The van der Waals surface area contributed by atoms with E-state index in [1.165, 1.54) is 6.07 Å². The van der Waals surface area contributed by atoms with Gasteiger partial charge in [-0.1, -0.05) is 18.2 Å². The minimum absolute atomic E-state index is 0.354. The van der Waals surface area contributed by atoms with E-state index >= 15 is 4.39 Å². The first-order chi connectivity index (χ1) is 19.2. The molecule has 0 amide bonds. The van der Waals surface area contributed by atoms with Crippen LogP contribution in [0, 0.1) is 5.82 Å². The molecule has 2 saturated heterocycles. The molecule has 4 heterocycles. The summed E-state index contributed by atoms with van der Waals surface area (Å²) in [7, 11) is 0. The largest absolute Gasteiger partial charge is 0.492 e. The number of para-hydroxylation sites is 1. The number of ether oxygens (including phenoxy) is 2. The Balaban J connectivity index is 1.17. The summed E-state index contributed by atoms with van der Waals surface area (Å²) in [4.78, 5) is 18.4. The van der Waals surface area contributed by atoms with Crippen LogP contribution in [-0.4, -0.2) is 85.5 Å². The molecule has 2 aliphatic rings. The van der Waals surface area contributed by atoms with Crippen molar-refractivity contribution < 1.29 is 13.9 Å². The van der Waals surface area contributed by atoms with E-state index in [0.717, 1.165) is 75.9 Å². The topological polar surface area (TPSA) is 87.7 Å². The van der Waals surface area contributed by atoms with Crippen molar-refractivity contribution in [1.29, 1.82) is 0 Å². The van der Waals surface area contributed by atoms with Gasteiger partial charge < -0.3 is 25.0 Å². The monoisotopic (exact) mass is 529 g/mol. The van der Waals surface area contributed by atoms with E-state index < -0.39 is 0 Å². The summed E-state index contributed by atoms with van der Waals surface area (Å²) in [5.74, 6) is 1.54. The molecule has 0 spiro atoms. The third-order valence-corrected chi connectivity index (χ3v) is 7.07. The van der Waals surface area contributed by atoms with E-state index in [9.17, 15) is 0 Å². The minimum atomic E-state index is -0.354. The number of halogens is 1. The van der Waals surface area contributed by atoms with Crippen LogP contribution in [0.4, 0.5) is 21.8 Å². The Hall–Kier alpha value is -3.86. The molecule has 0 bridgehead atoms. The third kappa shape index (κ3) is 6.08. The van der Waals surface area contributed by atoms with Gasteiger partial charge in [0.05, 0.1) is 30.6 Å². The second-order valence-corrected chi connectivity index (χ2v) is 9.65. The second kappa shape index (κ2) is 11.9. The first kappa shape index (κ1) is 25.4. The zero-order valence-electron chi connectivity index (χ0n) is 21.8. The number of anilines is 3. The molecule has 9 nitrogen and oxygen atoms in total. The predicted octanol–water partition coefficient (Wildman–Crippen LogP) is 3.70. The molecule has 0 unspecified atom stereocenters. The summed E-state index contributed by atoms with van der Waals surface area (Å²) in [6, 6.07) is 14.7. The number of nitrogens with zero attached hydrogens (tertiary/aromatic N) is 5. The van der Waals surface area contributed by atoms with Crippen molar-refractivity contribution in [3.05, 3.63) is 66.7 Å². The maximum absolute atomic E-state index is 15.3. The number of hydrogen-bond donors (Lipinski definition) is 2. The maximum atomic E-state index is 15.3. The SMILES string of the molecule is Fc1cc(OCCN2CCOCC2)ccc1-c1cccc2cnc(Nc3ccc(N4CCNCC4)nc3)nc12. The van der Waals surface area contributed by atoms with Crippen LogP contribution >= 0.6 is 0 Å². The van der Waals surface area contributed by atoms with E-state index in [1.54, 1.807) is 18.5 Å². The summed E-state index contributed by atoms with van der Waals surface area (Å²) < 4.78 is 26.5. The van der Waals surface area contributed by atoms with Crippen LogP contribution in [0.25, 0.3) is 22.0 Å². The van der Waals surface area contributed by atoms with Gasteiger partial charge in [-0.25, -0.2) is 19.3 Å². The van der Waals surface area contributed by atoms with Crippen molar-refractivity contribution in [3.8, 4) is 16.9 Å². The summed E-state index contributed by atoms with van der Waals surface area (Å²) in [5, 5.41) is 7.42. The number of benzene rings is 2. The average Bonchev–Trinajstić information content (AvgIpc) is 2.98. The Bertz CT molecular complexity index is 1410. The number of hydrogen-bond acceptors (Lipinski definition) is 9. The van der Waals surface area contributed by atoms with Gasteiger partial charge >= 0.3 is 0 Å².